The summed E-state index contributed by atoms with van der Waals surface area (Å²) in [6.07, 6.45) is 4.55. The molecule has 2 N–H and O–H groups in total. The molecule has 0 spiro atoms. The van der Waals surface area contributed by atoms with Gasteiger partial charge in [0.25, 0.3) is 0 Å². The number of para-hydroxylation sites is 1. The molecule has 4 heteroatoms. The summed E-state index contributed by atoms with van der Waals surface area (Å²) in [6.45, 7) is 4.89. The summed E-state index contributed by atoms with van der Waals surface area (Å²) in [4.78, 5) is 2.31. The summed E-state index contributed by atoms with van der Waals surface area (Å²) in [7, 11) is 0. The van der Waals surface area contributed by atoms with Crippen LogP contribution in [0, 0.1) is 0 Å². The third kappa shape index (κ3) is 4.04. The molecule has 126 valence electrons. The largest absolute Gasteiger partial charge is 0.391 e. The van der Waals surface area contributed by atoms with Crippen molar-refractivity contribution in [2.75, 3.05) is 29.9 Å². The Morgan fingerprint density at radius 3 is 2.83 bits per heavy atom. The fourth-order valence-corrected chi connectivity index (χ4v) is 3.03. The number of hydrogen-bond acceptors (Lipinski definition) is 3. The molecule has 0 unspecified atom stereocenters. The molecule has 3 nitrogen and oxygen atoms in total. The van der Waals surface area contributed by atoms with Crippen LogP contribution in [0.2, 0.25) is 5.02 Å². The highest BCUT2D eigenvalue weighted by molar-refractivity contribution is 6.31. The molecule has 0 saturated heterocycles. The van der Waals surface area contributed by atoms with Crippen LogP contribution in [0.4, 0.5) is 17.1 Å². The summed E-state index contributed by atoms with van der Waals surface area (Å²) >= 11 is 6.26. The normalized spacial score (nSPS) is 15.6. The second-order valence-corrected chi connectivity index (χ2v) is 6.48. The lowest BCUT2D eigenvalue weighted by molar-refractivity contribution is 0.730. The van der Waals surface area contributed by atoms with Gasteiger partial charge in [0.1, 0.15) is 0 Å². The molecule has 0 aromatic heterocycles. The van der Waals surface area contributed by atoms with E-state index in [-0.39, 0.29) is 0 Å². The zero-order valence-electron chi connectivity index (χ0n) is 14.1. The summed E-state index contributed by atoms with van der Waals surface area (Å²) in [5.74, 6) is 0. The maximum atomic E-state index is 6.26. The molecule has 0 saturated carbocycles. The molecule has 24 heavy (non-hydrogen) atoms. The summed E-state index contributed by atoms with van der Waals surface area (Å²) < 4.78 is 0. The van der Waals surface area contributed by atoms with Gasteiger partial charge in [-0.1, -0.05) is 43.1 Å². The zero-order valence-corrected chi connectivity index (χ0v) is 14.8. The van der Waals surface area contributed by atoms with Gasteiger partial charge in [-0.2, -0.15) is 0 Å². The molecular weight excluding hydrogens is 318 g/mol. The first kappa shape index (κ1) is 16.7. The topological polar surface area (TPSA) is 27.3 Å². The van der Waals surface area contributed by atoms with Gasteiger partial charge in [0.05, 0.1) is 11.4 Å². The monoisotopic (exact) mass is 341 g/mol. The van der Waals surface area contributed by atoms with E-state index in [0.717, 1.165) is 36.0 Å². The van der Waals surface area contributed by atoms with E-state index in [4.69, 9.17) is 11.6 Å². The molecular formula is C20H24ClN3. The molecule has 0 atom stereocenters. The SMILES string of the molecule is CCCCN/C=C1/CNc2ccc(Cl)cc2N(c2ccccc2)C1. The number of anilines is 3. The van der Waals surface area contributed by atoms with Crippen molar-refractivity contribution < 1.29 is 0 Å². The number of halogens is 1. The van der Waals surface area contributed by atoms with Crippen LogP contribution < -0.4 is 15.5 Å². The highest BCUT2D eigenvalue weighted by atomic mass is 35.5. The molecule has 0 fully saturated rings. The van der Waals surface area contributed by atoms with Crippen LogP contribution in [0.25, 0.3) is 0 Å². The maximum absolute atomic E-state index is 6.26. The number of nitrogens with zero attached hydrogens (tertiary/aromatic N) is 1. The third-order valence-corrected chi connectivity index (χ3v) is 4.40. The molecule has 1 aliphatic heterocycles. The highest BCUT2D eigenvalue weighted by Gasteiger charge is 2.19. The van der Waals surface area contributed by atoms with Crippen LogP contribution in [-0.2, 0) is 0 Å². The molecule has 0 aliphatic carbocycles. The third-order valence-electron chi connectivity index (χ3n) is 4.17. The molecule has 2 aromatic carbocycles. The Morgan fingerprint density at radius 2 is 2.04 bits per heavy atom. The van der Waals surface area contributed by atoms with Crippen LogP contribution in [-0.4, -0.2) is 19.6 Å². The quantitative estimate of drug-likeness (QED) is 0.734. The molecule has 0 radical (unpaired) electrons. The van der Waals surface area contributed by atoms with Crippen molar-refractivity contribution in [2.45, 2.75) is 19.8 Å². The van der Waals surface area contributed by atoms with E-state index < -0.39 is 0 Å². The standard InChI is InChI=1S/C20H24ClN3/c1-2-3-11-22-13-16-14-23-19-10-9-17(21)12-20(19)24(15-16)18-7-5-4-6-8-18/h4-10,12-13,22-23H,2-3,11,14-15H2,1H3/b16-13-. The number of benzene rings is 2. The number of unbranched alkanes of at least 4 members (excludes halogenated alkanes) is 1. The summed E-state index contributed by atoms with van der Waals surface area (Å²) in [6, 6.07) is 16.5. The lowest BCUT2D eigenvalue weighted by Crippen LogP contribution is -2.21. The van der Waals surface area contributed by atoms with Gasteiger partial charge in [-0.05, 0) is 48.5 Å². The van der Waals surface area contributed by atoms with Crippen LogP contribution in [0.3, 0.4) is 0 Å². The van der Waals surface area contributed by atoms with E-state index >= 15 is 0 Å². The van der Waals surface area contributed by atoms with E-state index in [9.17, 15) is 0 Å². The Kier molecular flexibility index (Phi) is 5.65. The number of hydrogen-bond donors (Lipinski definition) is 2. The van der Waals surface area contributed by atoms with E-state index in [2.05, 4.69) is 59.0 Å². The molecule has 1 aliphatic rings. The van der Waals surface area contributed by atoms with Gasteiger partial charge < -0.3 is 15.5 Å². The van der Waals surface area contributed by atoms with Crippen molar-refractivity contribution in [1.29, 1.82) is 0 Å². The predicted molar refractivity (Wildman–Crippen MR) is 104 cm³/mol. The fraction of sp³-hybridized carbons (Fsp3) is 0.300. The van der Waals surface area contributed by atoms with Crippen molar-refractivity contribution in [3.63, 3.8) is 0 Å². The van der Waals surface area contributed by atoms with E-state index in [0.29, 0.717) is 0 Å². The van der Waals surface area contributed by atoms with Crippen molar-refractivity contribution in [3.05, 3.63) is 65.3 Å². The lowest BCUT2D eigenvalue weighted by atomic mass is 10.2. The van der Waals surface area contributed by atoms with Crippen LogP contribution >= 0.6 is 11.6 Å². The number of fused-ring (bicyclic) bond motifs is 1. The van der Waals surface area contributed by atoms with Gasteiger partial charge in [0, 0.05) is 30.3 Å². The molecule has 0 amide bonds. The van der Waals surface area contributed by atoms with Crippen molar-refractivity contribution >= 4 is 28.7 Å². The Hall–Kier alpha value is -2.13. The zero-order chi connectivity index (χ0) is 16.8. The first-order valence-electron chi connectivity index (χ1n) is 8.55. The summed E-state index contributed by atoms with van der Waals surface area (Å²) in [5, 5.41) is 7.73. The molecule has 2 aromatic rings. The Morgan fingerprint density at radius 1 is 1.21 bits per heavy atom. The minimum atomic E-state index is 0.755. The Balaban J connectivity index is 1.90. The van der Waals surface area contributed by atoms with Crippen molar-refractivity contribution in [2.24, 2.45) is 0 Å². The van der Waals surface area contributed by atoms with Crippen LogP contribution in [0.5, 0.6) is 0 Å². The van der Waals surface area contributed by atoms with Gasteiger partial charge in [-0.25, -0.2) is 0 Å². The molecule has 3 rings (SSSR count). The van der Waals surface area contributed by atoms with Crippen molar-refractivity contribution in [3.8, 4) is 0 Å². The Bertz CT molecular complexity index is 697. The van der Waals surface area contributed by atoms with E-state index in [1.165, 1.54) is 24.1 Å². The maximum Gasteiger partial charge on any atom is 0.0664 e. The van der Waals surface area contributed by atoms with Gasteiger partial charge in [-0.3, -0.25) is 0 Å². The number of nitrogens with one attached hydrogen (secondary N) is 2. The van der Waals surface area contributed by atoms with Gasteiger partial charge in [0.15, 0.2) is 0 Å². The average Bonchev–Trinajstić information content (AvgIpc) is 2.79. The summed E-state index contributed by atoms with van der Waals surface area (Å²) in [5.41, 5.74) is 4.72. The second-order valence-electron chi connectivity index (χ2n) is 6.05. The first-order chi connectivity index (χ1) is 11.8. The number of rotatable bonds is 5. The predicted octanol–water partition coefficient (Wildman–Crippen LogP) is 5.18. The van der Waals surface area contributed by atoms with Crippen LogP contribution in [0.1, 0.15) is 19.8 Å². The molecule has 0 bridgehead atoms. The minimum absolute atomic E-state index is 0.755. The highest BCUT2D eigenvalue weighted by Crippen LogP contribution is 2.36. The average molecular weight is 342 g/mol. The van der Waals surface area contributed by atoms with E-state index in [1.54, 1.807) is 0 Å². The first-order valence-corrected chi connectivity index (χ1v) is 8.93. The molecule has 1 heterocycles. The smallest absolute Gasteiger partial charge is 0.0664 e. The van der Waals surface area contributed by atoms with Crippen molar-refractivity contribution in [1.82, 2.24) is 5.32 Å². The van der Waals surface area contributed by atoms with Gasteiger partial charge >= 0.3 is 0 Å². The lowest BCUT2D eigenvalue weighted by Gasteiger charge is -2.25. The Labute approximate surface area is 149 Å². The fourth-order valence-electron chi connectivity index (χ4n) is 2.86. The van der Waals surface area contributed by atoms with E-state index in [1.807, 2.05) is 18.2 Å². The minimum Gasteiger partial charge on any atom is -0.391 e. The second kappa shape index (κ2) is 8.11. The van der Waals surface area contributed by atoms with Gasteiger partial charge in [0.2, 0.25) is 0 Å². The van der Waals surface area contributed by atoms with Gasteiger partial charge in [-0.15, -0.1) is 0 Å². The van der Waals surface area contributed by atoms with Crippen LogP contribution in [0.15, 0.2) is 60.3 Å².